The second-order valence-corrected chi connectivity index (χ2v) is 3.12. The zero-order valence-electron chi connectivity index (χ0n) is 8.16. The van der Waals surface area contributed by atoms with Crippen molar-refractivity contribution in [1.82, 2.24) is 10.6 Å². The standard InChI is InChI=1S/C8H15N5O/c1-6(14)12-8(13-9)5-11-7-2-3-10-4-7/h5,7,10H,2-4,9H2,1H3,(H,12,13,14). The van der Waals surface area contributed by atoms with Crippen LogP contribution in [-0.2, 0) is 4.79 Å². The third-order valence-electron chi connectivity index (χ3n) is 1.89. The lowest BCUT2D eigenvalue weighted by Gasteiger charge is -2.01. The van der Waals surface area contributed by atoms with E-state index in [4.69, 9.17) is 5.84 Å². The first kappa shape index (κ1) is 10.6. The Labute approximate surface area is 82.6 Å². The Kier molecular flexibility index (Phi) is 4.06. The second-order valence-electron chi connectivity index (χ2n) is 3.12. The number of hydrogen-bond acceptors (Lipinski definition) is 5. The molecular formula is C8H15N5O. The van der Waals surface area contributed by atoms with Crippen LogP contribution >= 0.6 is 0 Å². The smallest absolute Gasteiger partial charge is 0.222 e. The van der Waals surface area contributed by atoms with E-state index in [0.717, 1.165) is 19.5 Å². The van der Waals surface area contributed by atoms with Gasteiger partial charge in [-0.05, 0) is 13.0 Å². The van der Waals surface area contributed by atoms with Gasteiger partial charge in [-0.15, -0.1) is 0 Å². The van der Waals surface area contributed by atoms with Crippen molar-refractivity contribution in [3.8, 4) is 0 Å². The molecule has 0 radical (unpaired) electrons. The number of hydrazone groups is 1. The Bertz CT molecular complexity index is 254. The van der Waals surface area contributed by atoms with Crippen molar-refractivity contribution in [1.29, 1.82) is 0 Å². The van der Waals surface area contributed by atoms with Gasteiger partial charge in [0.1, 0.15) is 0 Å². The van der Waals surface area contributed by atoms with Crippen LogP contribution in [0, 0.1) is 0 Å². The maximum absolute atomic E-state index is 10.7. The van der Waals surface area contributed by atoms with Gasteiger partial charge in [-0.1, -0.05) is 0 Å². The Morgan fingerprint density at radius 3 is 3.00 bits per heavy atom. The minimum Gasteiger partial charge on any atom is -0.321 e. The highest BCUT2D eigenvalue weighted by molar-refractivity contribution is 6.32. The molecule has 14 heavy (non-hydrogen) atoms. The van der Waals surface area contributed by atoms with Crippen LogP contribution in [0.3, 0.4) is 0 Å². The van der Waals surface area contributed by atoms with Crippen molar-refractivity contribution in [2.45, 2.75) is 19.4 Å². The molecule has 0 saturated carbocycles. The molecule has 6 nitrogen and oxygen atoms in total. The first-order valence-electron chi connectivity index (χ1n) is 4.51. The normalized spacial score (nSPS) is 22.9. The number of aliphatic imine (C=N–C) groups is 1. The lowest BCUT2D eigenvalue weighted by molar-refractivity contribution is -0.117. The van der Waals surface area contributed by atoms with Gasteiger partial charge in [0.05, 0.1) is 12.3 Å². The molecule has 1 fully saturated rings. The van der Waals surface area contributed by atoms with Gasteiger partial charge in [0.2, 0.25) is 5.91 Å². The van der Waals surface area contributed by atoms with E-state index >= 15 is 0 Å². The van der Waals surface area contributed by atoms with Crippen molar-refractivity contribution < 1.29 is 4.79 Å². The summed E-state index contributed by atoms with van der Waals surface area (Å²) in [6.45, 7) is 3.25. The second kappa shape index (κ2) is 5.33. The molecule has 0 aromatic rings. The highest BCUT2D eigenvalue weighted by Gasteiger charge is 2.11. The van der Waals surface area contributed by atoms with E-state index in [2.05, 4.69) is 20.7 Å². The van der Waals surface area contributed by atoms with E-state index in [1.807, 2.05) is 0 Å². The lowest BCUT2D eigenvalue weighted by atomic mass is 10.3. The first-order valence-corrected chi connectivity index (χ1v) is 4.51. The quantitative estimate of drug-likeness (QED) is 0.225. The highest BCUT2D eigenvalue weighted by Crippen LogP contribution is 2.00. The third-order valence-corrected chi connectivity index (χ3v) is 1.89. The zero-order chi connectivity index (χ0) is 10.4. The van der Waals surface area contributed by atoms with Crippen LogP contribution in [0.2, 0.25) is 0 Å². The van der Waals surface area contributed by atoms with E-state index in [0.29, 0.717) is 5.84 Å². The molecule has 6 heteroatoms. The van der Waals surface area contributed by atoms with Gasteiger partial charge in [0.15, 0.2) is 5.84 Å². The molecule has 1 unspecified atom stereocenters. The molecular weight excluding hydrogens is 182 g/mol. The van der Waals surface area contributed by atoms with Gasteiger partial charge < -0.3 is 16.5 Å². The molecule has 1 aliphatic rings. The summed E-state index contributed by atoms with van der Waals surface area (Å²) in [7, 11) is 0. The minimum absolute atomic E-state index is 0.204. The van der Waals surface area contributed by atoms with Crippen LogP contribution in [0.1, 0.15) is 13.3 Å². The number of nitrogens with zero attached hydrogens (tertiary/aromatic N) is 2. The van der Waals surface area contributed by atoms with Crippen LogP contribution in [0.25, 0.3) is 0 Å². The van der Waals surface area contributed by atoms with E-state index in [1.54, 1.807) is 0 Å². The summed E-state index contributed by atoms with van der Waals surface area (Å²) in [4.78, 5) is 14.9. The average Bonchev–Trinajstić information content (AvgIpc) is 2.64. The topological polar surface area (TPSA) is 91.9 Å². The Hall–Kier alpha value is -1.43. The largest absolute Gasteiger partial charge is 0.321 e. The van der Waals surface area contributed by atoms with Gasteiger partial charge in [-0.25, -0.2) is 0 Å². The number of hydrogen-bond donors (Lipinski definition) is 3. The Morgan fingerprint density at radius 1 is 1.71 bits per heavy atom. The molecule has 1 amide bonds. The first-order chi connectivity index (χ1) is 6.72. The summed E-state index contributed by atoms with van der Waals surface area (Å²) in [6, 6.07) is 0.264. The number of amidine groups is 1. The van der Waals surface area contributed by atoms with Crippen LogP contribution < -0.4 is 16.5 Å². The average molecular weight is 197 g/mol. The van der Waals surface area contributed by atoms with Gasteiger partial charge in [0, 0.05) is 13.5 Å². The number of rotatable bonds is 2. The minimum atomic E-state index is -0.204. The molecule has 78 valence electrons. The summed E-state index contributed by atoms with van der Waals surface area (Å²) in [5.41, 5.74) is 0. The molecule has 1 saturated heterocycles. The number of amides is 1. The molecule has 1 rings (SSSR count). The summed E-state index contributed by atoms with van der Waals surface area (Å²) >= 11 is 0. The molecule has 0 aromatic heterocycles. The SMILES string of the molecule is CC(=O)NC(C=NC1CCNC1)=NN. The maximum atomic E-state index is 10.7. The lowest BCUT2D eigenvalue weighted by Crippen LogP contribution is -2.30. The van der Waals surface area contributed by atoms with Gasteiger partial charge in [-0.3, -0.25) is 9.79 Å². The van der Waals surface area contributed by atoms with Crippen molar-refractivity contribution in [2.24, 2.45) is 15.9 Å². The molecule has 1 aliphatic heterocycles. The number of nitrogens with one attached hydrogen (secondary N) is 2. The summed E-state index contributed by atoms with van der Waals surface area (Å²) in [5.74, 6) is 5.16. The number of carbonyl (C=O) groups is 1. The number of nitrogens with two attached hydrogens (primary N) is 1. The van der Waals surface area contributed by atoms with Crippen molar-refractivity contribution in [3.05, 3.63) is 0 Å². The molecule has 4 N–H and O–H groups in total. The van der Waals surface area contributed by atoms with Gasteiger partial charge in [0.25, 0.3) is 0 Å². The molecule has 1 heterocycles. The van der Waals surface area contributed by atoms with Crippen molar-refractivity contribution in [2.75, 3.05) is 13.1 Å². The highest BCUT2D eigenvalue weighted by atomic mass is 16.1. The summed E-state index contributed by atoms with van der Waals surface area (Å²) < 4.78 is 0. The Balaban J connectivity index is 2.42. The van der Waals surface area contributed by atoms with E-state index < -0.39 is 0 Å². The molecule has 0 spiro atoms. The van der Waals surface area contributed by atoms with E-state index in [9.17, 15) is 4.79 Å². The van der Waals surface area contributed by atoms with Crippen LogP contribution in [0.15, 0.2) is 10.1 Å². The van der Waals surface area contributed by atoms with Crippen LogP contribution in [0.4, 0.5) is 0 Å². The van der Waals surface area contributed by atoms with Crippen molar-refractivity contribution >= 4 is 18.0 Å². The Morgan fingerprint density at radius 2 is 2.50 bits per heavy atom. The summed E-state index contributed by atoms with van der Waals surface area (Å²) in [6.07, 6.45) is 2.51. The third kappa shape index (κ3) is 3.53. The molecule has 0 bridgehead atoms. The predicted octanol–water partition coefficient (Wildman–Crippen LogP) is -1.17. The molecule has 1 atom stereocenters. The fourth-order valence-corrected chi connectivity index (χ4v) is 1.22. The fraction of sp³-hybridized carbons (Fsp3) is 0.625. The van der Waals surface area contributed by atoms with Crippen LogP contribution in [0.5, 0.6) is 0 Å². The molecule has 0 aromatic carbocycles. The monoisotopic (exact) mass is 197 g/mol. The summed E-state index contributed by atoms with van der Waals surface area (Å²) in [5, 5.41) is 9.06. The zero-order valence-corrected chi connectivity index (χ0v) is 8.16. The van der Waals surface area contributed by atoms with Gasteiger partial charge in [-0.2, -0.15) is 5.10 Å². The predicted molar refractivity (Wildman–Crippen MR) is 55.2 cm³/mol. The maximum Gasteiger partial charge on any atom is 0.222 e. The number of carbonyl (C=O) groups excluding carboxylic acids is 1. The van der Waals surface area contributed by atoms with Crippen LogP contribution in [-0.4, -0.2) is 37.1 Å². The van der Waals surface area contributed by atoms with Crippen molar-refractivity contribution in [3.63, 3.8) is 0 Å². The van der Waals surface area contributed by atoms with E-state index in [1.165, 1.54) is 13.1 Å². The van der Waals surface area contributed by atoms with E-state index in [-0.39, 0.29) is 11.9 Å². The molecule has 0 aliphatic carbocycles. The fourth-order valence-electron chi connectivity index (χ4n) is 1.22. The van der Waals surface area contributed by atoms with Gasteiger partial charge >= 0.3 is 0 Å².